The summed E-state index contributed by atoms with van der Waals surface area (Å²) in [5.41, 5.74) is -0.342. The molecular weight excluding hydrogens is 343 g/mol. The lowest BCUT2D eigenvalue weighted by Gasteiger charge is -2.29. The van der Waals surface area contributed by atoms with E-state index in [-0.39, 0.29) is 36.1 Å². The summed E-state index contributed by atoms with van der Waals surface area (Å²) < 4.78 is 41.7. The van der Waals surface area contributed by atoms with Crippen molar-refractivity contribution in [1.82, 2.24) is 10.2 Å². The predicted octanol–water partition coefficient (Wildman–Crippen LogP) is 1.22. The van der Waals surface area contributed by atoms with E-state index < -0.39 is 35.9 Å². The van der Waals surface area contributed by atoms with Crippen molar-refractivity contribution >= 4 is 17.7 Å². The smallest absolute Gasteiger partial charge is 0.405 e. The van der Waals surface area contributed by atoms with Crippen LogP contribution in [-0.4, -0.2) is 35.0 Å². The van der Waals surface area contributed by atoms with E-state index in [0.717, 1.165) is 17.0 Å². The van der Waals surface area contributed by atoms with Crippen molar-refractivity contribution in [3.05, 3.63) is 28.8 Å². The van der Waals surface area contributed by atoms with Crippen LogP contribution < -0.4 is 10.1 Å². The van der Waals surface area contributed by atoms with Crippen LogP contribution in [0.5, 0.6) is 5.75 Å². The molecule has 130 valence electrons. The van der Waals surface area contributed by atoms with Crippen LogP contribution in [0.3, 0.4) is 0 Å². The summed E-state index contributed by atoms with van der Waals surface area (Å²) in [7, 11) is 0. The summed E-state index contributed by atoms with van der Waals surface area (Å²) in [6.45, 7) is -0.280. The number of carbonyl (C=O) groups is 3. The maximum atomic E-state index is 12.6. The van der Waals surface area contributed by atoms with E-state index in [1.54, 1.807) is 6.07 Å². The molecule has 10 heteroatoms. The van der Waals surface area contributed by atoms with E-state index in [2.05, 4.69) is 10.1 Å². The first-order chi connectivity index (χ1) is 11.7. The summed E-state index contributed by atoms with van der Waals surface area (Å²) in [4.78, 5) is 36.8. The molecule has 0 bridgehead atoms. The predicted molar refractivity (Wildman–Crippen MR) is 73.9 cm³/mol. The van der Waals surface area contributed by atoms with Crippen molar-refractivity contribution in [2.24, 2.45) is 0 Å². The minimum Gasteiger partial charge on any atom is -0.405 e. The molecule has 25 heavy (non-hydrogen) atoms. The molecule has 0 radical (unpaired) electrons. The van der Waals surface area contributed by atoms with Gasteiger partial charge in [0.1, 0.15) is 11.8 Å². The molecule has 1 saturated heterocycles. The van der Waals surface area contributed by atoms with Crippen molar-refractivity contribution in [2.45, 2.75) is 31.8 Å². The number of fused-ring (bicyclic) bond motifs is 1. The molecule has 0 aromatic heterocycles. The van der Waals surface area contributed by atoms with Gasteiger partial charge < -0.3 is 9.64 Å². The SMILES string of the molecule is N#Cc1cc(OC(F)(F)F)c2c(c1)C(=O)N(C1CCC(=O)NC1=O)C2. The molecular formula is C15H10F3N3O4. The standard InChI is InChI=1S/C15H10F3N3O4/c16-15(17,18)25-11-4-7(5-19)3-8-9(11)6-21(14(8)24)10-1-2-12(22)20-13(10)23/h3-4,10H,1-2,6H2,(H,20,22,23). The number of piperidine rings is 1. The van der Waals surface area contributed by atoms with Gasteiger partial charge in [0.25, 0.3) is 5.91 Å². The number of hydrogen-bond donors (Lipinski definition) is 1. The number of halogens is 3. The molecule has 1 N–H and O–H groups in total. The number of nitrogens with zero attached hydrogens (tertiary/aromatic N) is 2. The molecule has 1 aromatic rings. The number of ether oxygens (including phenoxy) is 1. The number of nitrogens with one attached hydrogen (secondary N) is 1. The summed E-state index contributed by atoms with van der Waals surface area (Å²) >= 11 is 0. The zero-order valence-corrected chi connectivity index (χ0v) is 12.5. The Balaban J connectivity index is 1.97. The summed E-state index contributed by atoms with van der Waals surface area (Å²) in [5, 5.41) is 11.0. The number of amides is 3. The number of carbonyl (C=O) groups excluding carboxylic acids is 3. The molecule has 0 spiro atoms. The second kappa shape index (κ2) is 5.77. The molecule has 0 aliphatic carbocycles. The number of alkyl halides is 3. The second-order valence-corrected chi connectivity index (χ2v) is 5.56. The van der Waals surface area contributed by atoms with Crippen LogP contribution in [0.4, 0.5) is 13.2 Å². The molecule has 3 rings (SSSR count). The Morgan fingerprint density at radius 1 is 1.28 bits per heavy atom. The van der Waals surface area contributed by atoms with Gasteiger partial charge in [-0.15, -0.1) is 13.2 Å². The Hall–Kier alpha value is -3.09. The molecule has 1 atom stereocenters. The van der Waals surface area contributed by atoms with Crippen molar-refractivity contribution in [3.8, 4) is 11.8 Å². The van der Waals surface area contributed by atoms with E-state index in [4.69, 9.17) is 5.26 Å². The van der Waals surface area contributed by atoms with E-state index in [1.807, 2.05) is 0 Å². The third-order valence-electron chi connectivity index (χ3n) is 3.97. The highest BCUT2D eigenvalue weighted by atomic mass is 19.4. The van der Waals surface area contributed by atoms with Crippen molar-refractivity contribution in [2.75, 3.05) is 0 Å². The van der Waals surface area contributed by atoms with E-state index in [0.29, 0.717) is 0 Å². The Morgan fingerprint density at radius 2 is 2.00 bits per heavy atom. The summed E-state index contributed by atoms with van der Waals surface area (Å²) in [6, 6.07) is 2.76. The number of hydrogen-bond acceptors (Lipinski definition) is 5. The van der Waals surface area contributed by atoms with Gasteiger partial charge in [-0.05, 0) is 18.6 Å². The van der Waals surface area contributed by atoms with Crippen LogP contribution in [0, 0.1) is 11.3 Å². The molecule has 2 heterocycles. The highest BCUT2D eigenvalue weighted by Crippen LogP contribution is 2.37. The van der Waals surface area contributed by atoms with Gasteiger partial charge >= 0.3 is 6.36 Å². The molecule has 2 aliphatic rings. The van der Waals surface area contributed by atoms with Gasteiger partial charge in [-0.2, -0.15) is 5.26 Å². The Bertz CT molecular complexity index is 829. The Kier molecular flexibility index (Phi) is 3.87. The van der Waals surface area contributed by atoms with Gasteiger partial charge in [-0.3, -0.25) is 19.7 Å². The topological polar surface area (TPSA) is 99.5 Å². The van der Waals surface area contributed by atoms with Gasteiger partial charge in [0.15, 0.2) is 0 Å². The van der Waals surface area contributed by atoms with Gasteiger partial charge in [-0.25, -0.2) is 0 Å². The minimum atomic E-state index is -4.99. The molecule has 0 saturated carbocycles. The third-order valence-corrected chi connectivity index (χ3v) is 3.97. The lowest BCUT2D eigenvalue weighted by molar-refractivity contribution is -0.275. The molecule has 3 amide bonds. The van der Waals surface area contributed by atoms with Crippen LogP contribution in [0.25, 0.3) is 0 Å². The number of nitriles is 1. The summed E-state index contributed by atoms with van der Waals surface area (Å²) in [6.07, 6.45) is -4.90. The lowest BCUT2D eigenvalue weighted by atomic mass is 10.0. The van der Waals surface area contributed by atoms with Crippen LogP contribution in [0.15, 0.2) is 12.1 Å². The fourth-order valence-electron chi connectivity index (χ4n) is 2.91. The first-order valence-electron chi connectivity index (χ1n) is 7.17. The maximum Gasteiger partial charge on any atom is 0.573 e. The fourth-order valence-corrected chi connectivity index (χ4v) is 2.91. The lowest BCUT2D eigenvalue weighted by Crippen LogP contribution is -2.52. The average Bonchev–Trinajstić information content (AvgIpc) is 2.83. The van der Waals surface area contributed by atoms with Gasteiger partial charge in [0.2, 0.25) is 11.8 Å². The van der Waals surface area contributed by atoms with Crippen LogP contribution in [-0.2, 0) is 16.1 Å². The first kappa shape index (κ1) is 16.8. The fraction of sp³-hybridized carbons (Fsp3) is 0.333. The quantitative estimate of drug-likeness (QED) is 0.806. The Morgan fingerprint density at radius 3 is 2.60 bits per heavy atom. The second-order valence-electron chi connectivity index (χ2n) is 5.56. The van der Waals surface area contributed by atoms with E-state index in [9.17, 15) is 27.6 Å². The van der Waals surface area contributed by atoms with Crippen molar-refractivity contribution < 1.29 is 32.3 Å². The van der Waals surface area contributed by atoms with Gasteiger partial charge in [0.05, 0.1) is 18.2 Å². The zero-order valence-electron chi connectivity index (χ0n) is 12.5. The number of imide groups is 1. The normalized spacial score (nSPS) is 20.2. The van der Waals surface area contributed by atoms with Crippen molar-refractivity contribution in [1.29, 1.82) is 5.26 Å². The monoisotopic (exact) mass is 353 g/mol. The number of benzene rings is 1. The van der Waals surface area contributed by atoms with E-state index in [1.165, 1.54) is 0 Å². The third kappa shape index (κ3) is 3.13. The summed E-state index contributed by atoms with van der Waals surface area (Å²) in [5.74, 6) is -2.49. The molecule has 7 nitrogen and oxygen atoms in total. The highest BCUT2D eigenvalue weighted by Gasteiger charge is 2.42. The van der Waals surface area contributed by atoms with Gasteiger partial charge in [0, 0.05) is 17.5 Å². The maximum absolute atomic E-state index is 12.6. The van der Waals surface area contributed by atoms with Gasteiger partial charge in [-0.1, -0.05) is 0 Å². The van der Waals surface area contributed by atoms with Crippen LogP contribution in [0.1, 0.15) is 34.3 Å². The molecule has 1 aromatic carbocycles. The largest absolute Gasteiger partial charge is 0.573 e. The van der Waals surface area contributed by atoms with Crippen LogP contribution in [0.2, 0.25) is 0 Å². The zero-order chi connectivity index (χ0) is 18.4. The molecule has 1 unspecified atom stereocenters. The molecule has 2 aliphatic heterocycles. The van der Waals surface area contributed by atoms with Crippen molar-refractivity contribution in [3.63, 3.8) is 0 Å². The van der Waals surface area contributed by atoms with E-state index >= 15 is 0 Å². The number of rotatable bonds is 2. The first-order valence-corrected chi connectivity index (χ1v) is 7.17. The Labute approximate surface area is 139 Å². The average molecular weight is 353 g/mol. The van der Waals surface area contributed by atoms with Crippen LogP contribution >= 0.6 is 0 Å². The highest BCUT2D eigenvalue weighted by molar-refractivity contribution is 6.05. The minimum absolute atomic E-state index is 0.0197. The molecule has 1 fully saturated rings.